The van der Waals surface area contributed by atoms with Crippen molar-refractivity contribution in [2.75, 3.05) is 11.9 Å². The van der Waals surface area contributed by atoms with Crippen LogP contribution in [0.2, 0.25) is 0 Å². The van der Waals surface area contributed by atoms with E-state index in [4.69, 9.17) is 5.26 Å². The van der Waals surface area contributed by atoms with Crippen molar-refractivity contribution in [1.29, 1.82) is 5.26 Å². The largest absolute Gasteiger partial charge is 0.326 e. The number of nitriles is 1. The lowest BCUT2D eigenvalue weighted by molar-refractivity contribution is -0.116. The molecule has 118 valence electrons. The second kappa shape index (κ2) is 8.06. The Morgan fingerprint density at radius 3 is 2.57 bits per heavy atom. The molecule has 2 aromatic rings. The molecule has 5 heteroatoms. The van der Waals surface area contributed by atoms with Gasteiger partial charge in [-0.05, 0) is 37.3 Å². The molecule has 2 N–H and O–H groups in total. The van der Waals surface area contributed by atoms with Crippen LogP contribution in [0.15, 0.2) is 48.5 Å². The summed E-state index contributed by atoms with van der Waals surface area (Å²) in [5.41, 5.74) is 1.78. The minimum atomic E-state index is -0.255. The maximum Gasteiger partial charge on any atom is 0.225 e. The zero-order valence-electron chi connectivity index (χ0n) is 12.8. The SMILES string of the molecule is C[C@H](NCCC(=O)Nc1ccc(C#N)cc1)c1ccccc1F. The predicted octanol–water partition coefficient (Wildman–Crippen LogP) is 3.38. The summed E-state index contributed by atoms with van der Waals surface area (Å²) in [5, 5.41) is 14.6. The highest BCUT2D eigenvalue weighted by Crippen LogP contribution is 2.15. The average Bonchev–Trinajstić information content (AvgIpc) is 2.56. The van der Waals surface area contributed by atoms with Crippen LogP contribution < -0.4 is 10.6 Å². The van der Waals surface area contributed by atoms with E-state index in [0.717, 1.165) is 0 Å². The summed E-state index contributed by atoms with van der Waals surface area (Å²) in [6.45, 7) is 2.30. The summed E-state index contributed by atoms with van der Waals surface area (Å²) in [6.07, 6.45) is 0.277. The first kappa shape index (κ1) is 16.7. The van der Waals surface area contributed by atoms with Gasteiger partial charge in [-0.1, -0.05) is 18.2 Å². The Labute approximate surface area is 134 Å². The van der Waals surface area contributed by atoms with Gasteiger partial charge in [0.05, 0.1) is 11.6 Å². The quantitative estimate of drug-likeness (QED) is 0.859. The molecule has 1 amide bonds. The normalized spacial score (nSPS) is 11.5. The average molecular weight is 311 g/mol. The molecular formula is C18H18FN3O. The molecule has 0 bridgehead atoms. The van der Waals surface area contributed by atoms with Crippen LogP contribution in [0.4, 0.5) is 10.1 Å². The molecule has 0 saturated carbocycles. The van der Waals surface area contributed by atoms with Crippen LogP contribution >= 0.6 is 0 Å². The van der Waals surface area contributed by atoms with Gasteiger partial charge in [0.1, 0.15) is 5.82 Å². The van der Waals surface area contributed by atoms with E-state index >= 15 is 0 Å². The molecule has 2 rings (SSSR count). The summed E-state index contributed by atoms with van der Waals surface area (Å²) in [6, 6.07) is 15.1. The summed E-state index contributed by atoms with van der Waals surface area (Å²) in [4.78, 5) is 11.9. The van der Waals surface area contributed by atoms with Crippen LogP contribution in [0.25, 0.3) is 0 Å². The number of benzene rings is 2. The first-order valence-corrected chi connectivity index (χ1v) is 7.38. The van der Waals surface area contributed by atoms with E-state index in [1.165, 1.54) is 6.07 Å². The molecule has 0 aliphatic rings. The fourth-order valence-corrected chi connectivity index (χ4v) is 2.19. The van der Waals surface area contributed by atoms with Crippen LogP contribution in [0, 0.1) is 17.1 Å². The van der Waals surface area contributed by atoms with Gasteiger partial charge in [-0.3, -0.25) is 4.79 Å². The number of amides is 1. The van der Waals surface area contributed by atoms with Crippen LogP contribution in [-0.4, -0.2) is 12.5 Å². The number of carbonyl (C=O) groups excluding carboxylic acids is 1. The van der Waals surface area contributed by atoms with Crippen molar-refractivity contribution in [2.45, 2.75) is 19.4 Å². The molecule has 4 nitrogen and oxygen atoms in total. The molecule has 0 aromatic heterocycles. The van der Waals surface area contributed by atoms with E-state index in [1.54, 1.807) is 42.5 Å². The summed E-state index contributed by atoms with van der Waals surface area (Å²) >= 11 is 0. The topological polar surface area (TPSA) is 64.9 Å². The lowest BCUT2D eigenvalue weighted by Crippen LogP contribution is -2.24. The highest BCUT2D eigenvalue weighted by atomic mass is 19.1. The molecule has 0 heterocycles. The monoisotopic (exact) mass is 311 g/mol. The van der Waals surface area contributed by atoms with Gasteiger partial charge in [0.2, 0.25) is 5.91 Å². The van der Waals surface area contributed by atoms with Crippen molar-refractivity contribution in [2.24, 2.45) is 0 Å². The first-order chi connectivity index (χ1) is 11.1. The fraction of sp³-hybridized carbons (Fsp3) is 0.222. The van der Waals surface area contributed by atoms with Gasteiger partial charge in [0, 0.05) is 30.3 Å². The zero-order chi connectivity index (χ0) is 16.7. The third-order valence-electron chi connectivity index (χ3n) is 3.47. The third-order valence-corrected chi connectivity index (χ3v) is 3.47. The first-order valence-electron chi connectivity index (χ1n) is 7.38. The Bertz CT molecular complexity index is 707. The maximum atomic E-state index is 13.6. The Morgan fingerprint density at radius 2 is 1.91 bits per heavy atom. The summed E-state index contributed by atoms with van der Waals surface area (Å²) < 4.78 is 13.6. The molecule has 23 heavy (non-hydrogen) atoms. The second-order valence-electron chi connectivity index (χ2n) is 5.18. The number of halogens is 1. The van der Waals surface area contributed by atoms with Crippen LogP contribution in [0.3, 0.4) is 0 Å². The Hall–Kier alpha value is -2.71. The zero-order valence-corrected chi connectivity index (χ0v) is 12.8. The van der Waals surface area contributed by atoms with Gasteiger partial charge in [0.25, 0.3) is 0 Å². The van der Waals surface area contributed by atoms with Gasteiger partial charge in [-0.15, -0.1) is 0 Å². The second-order valence-corrected chi connectivity index (χ2v) is 5.18. The molecule has 0 spiro atoms. The summed E-state index contributed by atoms with van der Waals surface area (Å²) in [5.74, 6) is -0.391. The van der Waals surface area contributed by atoms with Crippen LogP contribution in [-0.2, 0) is 4.79 Å². The number of hydrogen-bond acceptors (Lipinski definition) is 3. The fourth-order valence-electron chi connectivity index (χ4n) is 2.19. The molecule has 0 aliphatic heterocycles. The molecule has 0 fully saturated rings. The van der Waals surface area contributed by atoms with Crippen molar-refractivity contribution < 1.29 is 9.18 Å². The van der Waals surface area contributed by atoms with Gasteiger partial charge in [-0.25, -0.2) is 4.39 Å². The number of nitrogens with one attached hydrogen (secondary N) is 2. The third kappa shape index (κ3) is 4.90. The molecule has 0 unspecified atom stereocenters. The number of anilines is 1. The minimum Gasteiger partial charge on any atom is -0.326 e. The van der Waals surface area contributed by atoms with Gasteiger partial charge >= 0.3 is 0 Å². The minimum absolute atomic E-state index is 0.136. The Morgan fingerprint density at radius 1 is 1.22 bits per heavy atom. The van der Waals surface area contributed by atoms with Crippen molar-refractivity contribution >= 4 is 11.6 Å². The predicted molar refractivity (Wildman–Crippen MR) is 87.2 cm³/mol. The highest BCUT2D eigenvalue weighted by Gasteiger charge is 2.10. The highest BCUT2D eigenvalue weighted by molar-refractivity contribution is 5.90. The molecule has 2 aromatic carbocycles. The number of nitrogens with zero attached hydrogens (tertiary/aromatic N) is 1. The smallest absolute Gasteiger partial charge is 0.225 e. The van der Waals surface area contributed by atoms with Crippen molar-refractivity contribution in [1.82, 2.24) is 5.32 Å². The summed E-state index contributed by atoms with van der Waals surface area (Å²) in [7, 11) is 0. The van der Waals surface area contributed by atoms with Crippen LogP contribution in [0.1, 0.15) is 30.5 Å². The van der Waals surface area contributed by atoms with E-state index in [9.17, 15) is 9.18 Å². The van der Waals surface area contributed by atoms with Gasteiger partial charge < -0.3 is 10.6 Å². The van der Waals surface area contributed by atoms with E-state index in [1.807, 2.05) is 13.0 Å². The lowest BCUT2D eigenvalue weighted by Gasteiger charge is -2.14. The van der Waals surface area contributed by atoms with Gasteiger partial charge in [-0.2, -0.15) is 5.26 Å². The molecular weight excluding hydrogens is 293 g/mol. The van der Waals surface area contributed by atoms with Crippen molar-refractivity contribution in [3.8, 4) is 6.07 Å². The van der Waals surface area contributed by atoms with Crippen LogP contribution in [0.5, 0.6) is 0 Å². The Balaban J connectivity index is 1.78. The van der Waals surface area contributed by atoms with E-state index in [-0.39, 0.29) is 24.2 Å². The molecule has 1 atom stereocenters. The van der Waals surface area contributed by atoms with Gasteiger partial charge in [0.15, 0.2) is 0 Å². The van der Waals surface area contributed by atoms with E-state index in [0.29, 0.717) is 23.4 Å². The Kier molecular flexibility index (Phi) is 5.84. The number of rotatable bonds is 6. The molecule has 0 aliphatic carbocycles. The molecule has 0 saturated heterocycles. The van der Waals surface area contributed by atoms with E-state index in [2.05, 4.69) is 10.6 Å². The van der Waals surface area contributed by atoms with E-state index < -0.39 is 0 Å². The molecule has 0 radical (unpaired) electrons. The maximum absolute atomic E-state index is 13.6. The number of carbonyl (C=O) groups is 1. The standard InChI is InChI=1S/C18H18FN3O/c1-13(16-4-2-3-5-17(16)19)21-11-10-18(23)22-15-8-6-14(12-20)7-9-15/h2-9,13,21H,10-11H2,1H3,(H,22,23)/t13-/m0/s1. The number of hydrogen-bond donors (Lipinski definition) is 2. The van der Waals surface area contributed by atoms with Crippen molar-refractivity contribution in [3.05, 3.63) is 65.5 Å². The lowest BCUT2D eigenvalue weighted by atomic mass is 10.1. The van der Waals surface area contributed by atoms with Crippen molar-refractivity contribution in [3.63, 3.8) is 0 Å².